The number of nitrogens with one attached hydrogen (secondary N) is 2. The van der Waals surface area contributed by atoms with E-state index in [1.807, 2.05) is 35.2 Å². The molecule has 1 amide bonds. The van der Waals surface area contributed by atoms with Gasteiger partial charge in [0.1, 0.15) is 12.4 Å². The first-order valence-corrected chi connectivity index (χ1v) is 10.3. The number of hydrogen-bond acceptors (Lipinski definition) is 4. The highest BCUT2D eigenvalue weighted by Crippen LogP contribution is 2.21. The number of carbonyl (C=O) groups excluding carboxylic acids is 1. The maximum absolute atomic E-state index is 12.9. The molecule has 154 valence electrons. The fraction of sp³-hybridized carbons (Fsp3) is 0.304. The van der Waals surface area contributed by atoms with Crippen LogP contribution in [0.15, 0.2) is 48.5 Å². The van der Waals surface area contributed by atoms with E-state index >= 15 is 0 Å². The highest BCUT2D eigenvalue weighted by molar-refractivity contribution is 6.04. The van der Waals surface area contributed by atoms with Crippen LogP contribution in [0.3, 0.4) is 0 Å². The second-order valence-corrected chi connectivity index (χ2v) is 7.80. The average Bonchev–Trinajstić information content (AvgIpc) is 3.36. The van der Waals surface area contributed by atoms with Crippen molar-refractivity contribution in [2.24, 2.45) is 0 Å². The van der Waals surface area contributed by atoms with Crippen molar-refractivity contribution in [3.8, 4) is 5.75 Å². The Bertz CT molecular complexity index is 1190. The summed E-state index contributed by atoms with van der Waals surface area (Å²) in [4.78, 5) is 20.4. The lowest BCUT2D eigenvalue weighted by molar-refractivity contribution is 0.0616. The molecule has 7 heteroatoms. The monoisotopic (exact) mass is 403 g/mol. The predicted molar refractivity (Wildman–Crippen MR) is 117 cm³/mol. The molecule has 0 bridgehead atoms. The zero-order valence-electron chi connectivity index (χ0n) is 17.0. The molecule has 2 aromatic heterocycles. The number of aryl methyl sites for hydroxylation is 1. The lowest BCUT2D eigenvalue weighted by atomic mass is 10.2. The van der Waals surface area contributed by atoms with Crippen LogP contribution in [0, 0.1) is 6.92 Å². The number of H-pyrrole nitrogens is 2. The van der Waals surface area contributed by atoms with Crippen LogP contribution >= 0.6 is 0 Å². The van der Waals surface area contributed by atoms with Crippen molar-refractivity contribution in [2.75, 3.05) is 39.3 Å². The van der Waals surface area contributed by atoms with Crippen LogP contribution in [-0.2, 0) is 0 Å². The van der Waals surface area contributed by atoms with Gasteiger partial charge in [0.05, 0.1) is 5.52 Å². The van der Waals surface area contributed by atoms with Crippen LogP contribution in [0.1, 0.15) is 16.2 Å². The molecule has 2 N–H and O–H groups in total. The molecule has 0 saturated carbocycles. The maximum Gasteiger partial charge on any atom is 0.275 e. The summed E-state index contributed by atoms with van der Waals surface area (Å²) < 4.78 is 5.96. The Balaban J connectivity index is 1.13. The standard InChI is InChI=1S/C23H25N5O2/c1-16-14-17-15-18(6-7-20(17)24-16)30-13-12-27-8-10-28(11-9-27)23(29)22-19-4-2-3-5-21(19)25-26-22/h2-7,14-15,24H,8-13H2,1H3,(H,25,26). The quantitative estimate of drug-likeness (QED) is 0.537. The van der Waals surface area contributed by atoms with Gasteiger partial charge in [-0.2, -0.15) is 5.10 Å². The summed E-state index contributed by atoms with van der Waals surface area (Å²) in [5.74, 6) is 0.888. The molecule has 5 rings (SSSR count). The number of rotatable bonds is 5. The number of carbonyl (C=O) groups is 1. The number of nitrogens with zero attached hydrogens (tertiary/aromatic N) is 3. The molecule has 2 aromatic carbocycles. The van der Waals surface area contributed by atoms with Crippen molar-refractivity contribution in [1.29, 1.82) is 0 Å². The largest absolute Gasteiger partial charge is 0.492 e. The van der Waals surface area contributed by atoms with E-state index in [-0.39, 0.29) is 5.91 Å². The lowest BCUT2D eigenvalue weighted by Crippen LogP contribution is -2.49. The van der Waals surface area contributed by atoms with Crippen molar-refractivity contribution in [3.63, 3.8) is 0 Å². The SMILES string of the molecule is Cc1cc2cc(OCCN3CCN(C(=O)c4n[nH]c5ccccc45)CC3)ccc2[nH]1. The number of piperazine rings is 1. The van der Waals surface area contributed by atoms with Gasteiger partial charge in [-0.15, -0.1) is 0 Å². The molecular formula is C23H25N5O2. The van der Waals surface area contributed by atoms with E-state index < -0.39 is 0 Å². The van der Waals surface area contributed by atoms with Crippen LogP contribution in [0.2, 0.25) is 0 Å². The van der Waals surface area contributed by atoms with Crippen LogP contribution < -0.4 is 4.74 Å². The summed E-state index contributed by atoms with van der Waals surface area (Å²) in [6.07, 6.45) is 0. The summed E-state index contributed by atoms with van der Waals surface area (Å²) in [5.41, 5.74) is 3.69. The van der Waals surface area contributed by atoms with Gasteiger partial charge in [-0.1, -0.05) is 18.2 Å². The van der Waals surface area contributed by atoms with Gasteiger partial charge >= 0.3 is 0 Å². The predicted octanol–water partition coefficient (Wildman–Crippen LogP) is 3.19. The first-order chi connectivity index (χ1) is 14.7. The van der Waals surface area contributed by atoms with E-state index in [4.69, 9.17) is 4.74 Å². The Labute approximate surface area is 174 Å². The van der Waals surface area contributed by atoms with Gasteiger partial charge in [0.2, 0.25) is 0 Å². The van der Waals surface area contributed by atoms with Gasteiger partial charge < -0.3 is 14.6 Å². The molecule has 0 atom stereocenters. The number of para-hydroxylation sites is 1. The molecule has 1 aliphatic heterocycles. The van der Waals surface area contributed by atoms with Crippen LogP contribution in [0.25, 0.3) is 21.8 Å². The Morgan fingerprint density at radius 1 is 1.07 bits per heavy atom. The average molecular weight is 403 g/mol. The minimum absolute atomic E-state index is 0.00144. The van der Waals surface area contributed by atoms with Crippen molar-refractivity contribution in [2.45, 2.75) is 6.92 Å². The Morgan fingerprint density at radius 3 is 2.77 bits per heavy atom. The molecule has 1 fully saturated rings. The van der Waals surface area contributed by atoms with Crippen molar-refractivity contribution in [1.82, 2.24) is 25.0 Å². The van der Waals surface area contributed by atoms with Crippen LogP contribution in [-0.4, -0.2) is 70.2 Å². The summed E-state index contributed by atoms with van der Waals surface area (Å²) >= 11 is 0. The smallest absolute Gasteiger partial charge is 0.275 e. The molecule has 0 radical (unpaired) electrons. The first kappa shape index (κ1) is 18.7. The van der Waals surface area contributed by atoms with Gasteiger partial charge in [-0.25, -0.2) is 0 Å². The summed E-state index contributed by atoms with van der Waals surface area (Å²) in [5, 5.41) is 9.24. The third-order valence-corrected chi connectivity index (χ3v) is 5.74. The van der Waals surface area contributed by atoms with E-state index in [1.165, 1.54) is 5.39 Å². The highest BCUT2D eigenvalue weighted by atomic mass is 16.5. The van der Waals surface area contributed by atoms with Crippen LogP contribution in [0.5, 0.6) is 5.75 Å². The van der Waals surface area contributed by atoms with Gasteiger partial charge in [-0.05, 0) is 37.3 Å². The Kier molecular flexibility index (Phi) is 4.88. The van der Waals surface area contributed by atoms with E-state index in [2.05, 4.69) is 45.2 Å². The molecule has 7 nitrogen and oxygen atoms in total. The normalized spacial score (nSPS) is 15.2. The number of ether oxygens (including phenoxy) is 1. The Morgan fingerprint density at radius 2 is 1.90 bits per heavy atom. The summed E-state index contributed by atoms with van der Waals surface area (Å²) in [7, 11) is 0. The molecule has 4 aromatic rings. The molecule has 0 spiro atoms. The molecule has 0 unspecified atom stereocenters. The second kappa shape index (κ2) is 7.84. The third-order valence-electron chi connectivity index (χ3n) is 5.74. The molecule has 30 heavy (non-hydrogen) atoms. The maximum atomic E-state index is 12.9. The topological polar surface area (TPSA) is 77.2 Å². The molecule has 0 aliphatic carbocycles. The van der Waals surface area contributed by atoms with Gasteiger partial charge in [-0.3, -0.25) is 14.8 Å². The fourth-order valence-corrected chi connectivity index (χ4v) is 4.09. The zero-order valence-corrected chi connectivity index (χ0v) is 17.0. The lowest BCUT2D eigenvalue weighted by Gasteiger charge is -2.34. The van der Waals surface area contributed by atoms with E-state index in [1.54, 1.807) is 0 Å². The highest BCUT2D eigenvalue weighted by Gasteiger charge is 2.25. The van der Waals surface area contributed by atoms with E-state index in [9.17, 15) is 4.79 Å². The summed E-state index contributed by atoms with van der Waals surface area (Å²) in [6, 6.07) is 16.0. The molecule has 1 aliphatic rings. The van der Waals surface area contributed by atoms with Gasteiger partial charge in [0.15, 0.2) is 5.69 Å². The number of aromatic nitrogens is 3. The minimum Gasteiger partial charge on any atom is -0.492 e. The summed E-state index contributed by atoms with van der Waals surface area (Å²) in [6.45, 7) is 6.62. The minimum atomic E-state index is -0.00144. The van der Waals surface area contributed by atoms with Crippen molar-refractivity contribution >= 4 is 27.7 Å². The molecule has 3 heterocycles. The molecular weight excluding hydrogens is 378 g/mol. The third kappa shape index (κ3) is 3.64. The fourth-order valence-electron chi connectivity index (χ4n) is 4.09. The number of aromatic amines is 2. The second-order valence-electron chi connectivity index (χ2n) is 7.80. The first-order valence-electron chi connectivity index (χ1n) is 10.3. The van der Waals surface area contributed by atoms with E-state index in [0.29, 0.717) is 25.4 Å². The Hall–Kier alpha value is -3.32. The van der Waals surface area contributed by atoms with Crippen LogP contribution in [0.4, 0.5) is 0 Å². The van der Waals surface area contributed by atoms with Crippen molar-refractivity contribution < 1.29 is 9.53 Å². The number of amides is 1. The zero-order chi connectivity index (χ0) is 20.5. The number of benzene rings is 2. The van der Waals surface area contributed by atoms with Gasteiger partial charge in [0, 0.05) is 54.7 Å². The van der Waals surface area contributed by atoms with E-state index in [0.717, 1.165) is 47.5 Å². The van der Waals surface area contributed by atoms with Gasteiger partial charge in [0.25, 0.3) is 5.91 Å². The van der Waals surface area contributed by atoms with Crippen molar-refractivity contribution in [3.05, 3.63) is 59.9 Å². The molecule has 1 saturated heterocycles. The number of fused-ring (bicyclic) bond motifs is 2. The number of hydrogen-bond donors (Lipinski definition) is 2.